The average molecular weight is 369 g/mol. The van der Waals surface area contributed by atoms with Crippen LogP contribution in [0.15, 0.2) is 10.6 Å². The van der Waals surface area contributed by atoms with Gasteiger partial charge in [-0.15, -0.1) is 11.8 Å². The van der Waals surface area contributed by atoms with E-state index in [0.717, 1.165) is 0 Å². The summed E-state index contributed by atoms with van der Waals surface area (Å²) in [5.74, 6) is -1.96. The first-order valence-corrected chi connectivity index (χ1v) is 9.19. The number of aliphatic carboxylic acids is 1. The largest absolute Gasteiger partial charge is 0.477 e. The molecule has 9 heteroatoms. The fraction of sp³-hybridized carbons (Fsp3) is 0.688. The lowest BCUT2D eigenvalue weighted by Gasteiger charge is -2.44. The van der Waals surface area contributed by atoms with Crippen molar-refractivity contribution < 1.29 is 24.6 Å². The number of carbonyl (C=O) groups excluding carboxylic acids is 2. The second-order valence-electron chi connectivity index (χ2n) is 6.99. The maximum Gasteiger partial charge on any atom is 0.353 e. The Morgan fingerprint density at radius 1 is 1.40 bits per heavy atom. The maximum absolute atomic E-state index is 12.2. The summed E-state index contributed by atoms with van der Waals surface area (Å²) in [5.41, 5.74) is 0.0410. The fourth-order valence-electron chi connectivity index (χ4n) is 3.83. The summed E-state index contributed by atoms with van der Waals surface area (Å²) in [5, 5.41) is 22.5. The molecule has 5 atom stereocenters. The Hall–Kier alpha value is -1.58. The van der Waals surface area contributed by atoms with E-state index in [1.54, 1.807) is 25.9 Å². The molecule has 0 aromatic rings. The van der Waals surface area contributed by atoms with Gasteiger partial charge in [-0.1, -0.05) is 0 Å². The van der Waals surface area contributed by atoms with E-state index >= 15 is 0 Å². The highest BCUT2D eigenvalue weighted by atomic mass is 32.2. The van der Waals surface area contributed by atoms with Gasteiger partial charge < -0.3 is 25.3 Å². The molecule has 138 valence electrons. The predicted octanol–water partition coefficient (Wildman–Crippen LogP) is -0.554. The Morgan fingerprint density at radius 3 is 2.64 bits per heavy atom. The summed E-state index contributed by atoms with van der Waals surface area (Å²) in [7, 11) is 3.42. The Balaban J connectivity index is 1.71. The van der Waals surface area contributed by atoms with Crippen molar-refractivity contribution >= 4 is 29.5 Å². The zero-order valence-corrected chi connectivity index (χ0v) is 15.2. The molecule has 2 saturated heterocycles. The number of carboxylic acid groups (broad SMARTS) is 1. The van der Waals surface area contributed by atoms with Crippen LogP contribution in [0, 0.1) is 5.92 Å². The molecule has 0 aliphatic carbocycles. The average Bonchev–Trinajstić information content (AvgIpc) is 3.09. The van der Waals surface area contributed by atoms with Gasteiger partial charge in [0.25, 0.3) is 0 Å². The van der Waals surface area contributed by atoms with Crippen molar-refractivity contribution in [1.29, 1.82) is 0 Å². The van der Waals surface area contributed by atoms with Gasteiger partial charge in [-0.2, -0.15) is 0 Å². The summed E-state index contributed by atoms with van der Waals surface area (Å²) < 4.78 is 0. The number of amides is 2. The number of rotatable bonds is 5. The van der Waals surface area contributed by atoms with Crippen molar-refractivity contribution in [3.05, 3.63) is 10.6 Å². The molecular weight excluding hydrogens is 346 g/mol. The molecule has 0 bridgehead atoms. The molecule has 8 nitrogen and oxygen atoms in total. The number of carbonyl (C=O) groups is 3. The number of β-lactam (4-membered cyclic amide) rings is 1. The molecule has 4 unspecified atom stereocenters. The van der Waals surface area contributed by atoms with Crippen LogP contribution in [0.1, 0.15) is 19.8 Å². The van der Waals surface area contributed by atoms with Crippen LogP contribution in [-0.4, -0.2) is 81.9 Å². The number of nitrogens with one attached hydrogen (secondary N) is 1. The molecule has 3 rings (SSSR count). The molecule has 2 amide bonds. The van der Waals surface area contributed by atoms with Crippen molar-refractivity contribution in [1.82, 2.24) is 15.1 Å². The maximum atomic E-state index is 12.2. The van der Waals surface area contributed by atoms with E-state index in [1.807, 2.05) is 0 Å². The Bertz CT molecular complexity index is 648. The molecule has 3 aliphatic heterocycles. The molecule has 0 saturated carbocycles. The lowest BCUT2D eigenvalue weighted by atomic mass is 9.83. The van der Waals surface area contributed by atoms with E-state index in [2.05, 4.69) is 5.32 Å². The quantitative estimate of drug-likeness (QED) is 0.558. The van der Waals surface area contributed by atoms with Crippen LogP contribution >= 0.6 is 11.8 Å². The number of hydrogen-bond donors (Lipinski definition) is 3. The number of carboxylic acids is 1. The van der Waals surface area contributed by atoms with Gasteiger partial charge in [0.1, 0.15) is 5.70 Å². The zero-order chi connectivity index (χ0) is 18.5. The van der Waals surface area contributed by atoms with E-state index in [0.29, 0.717) is 24.3 Å². The lowest BCUT2D eigenvalue weighted by Crippen LogP contribution is -2.61. The van der Waals surface area contributed by atoms with Crippen LogP contribution in [0.5, 0.6) is 0 Å². The molecule has 2 fully saturated rings. The van der Waals surface area contributed by atoms with Crippen molar-refractivity contribution in [2.45, 2.75) is 43.2 Å². The smallest absolute Gasteiger partial charge is 0.353 e. The van der Waals surface area contributed by atoms with Crippen LogP contribution < -0.4 is 5.32 Å². The van der Waals surface area contributed by atoms with Crippen LogP contribution in [0.25, 0.3) is 0 Å². The monoisotopic (exact) mass is 369 g/mol. The zero-order valence-electron chi connectivity index (χ0n) is 14.4. The van der Waals surface area contributed by atoms with E-state index in [9.17, 15) is 24.6 Å². The third-order valence-corrected chi connectivity index (χ3v) is 6.37. The standard InChI is InChI=1S/C16H23N3O5S/c1-7(20)12-10-5-11(13(16(23)24)19(10)15(12)22)25-8-4-9(17-6-8)14(21)18(2)3/h7-10,12,17,20H,4-6H2,1-3H3,(H,23,24)/t7?,8?,9?,10-,12?/m1/s1. The first-order chi connectivity index (χ1) is 11.7. The molecule has 0 aromatic carbocycles. The van der Waals surface area contributed by atoms with Crippen molar-refractivity contribution in [3.63, 3.8) is 0 Å². The molecule has 25 heavy (non-hydrogen) atoms. The second kappa shape index (κ2) is 6.62. The highest BCUT2D eigenvalue weighted by molar-refractivity contribution is 8.03. The molecule has 3 heterocycles. The number of nitrogens with zero attached hydrogens (tertiary/aromatic N) is 2. The third kappa shape index (κ3) is 3.04. The summed E-state index contributed by atoms with van der Waals surface area (Å²) >= 11 is 1.44. The van der Waals surface area contributed by atoms with Gasteiger partial charge in [0.2, 0.25) is 11.8 Å². The van der Waals surface area contributed by atoms with Crippen LogP contribution in [0.4, 0.5) is 0 Å². The number of likely N-dealkylation sites (N-methyl/N-ethyl adjacent to an activating group) is 1. The molecule has 3 aliphatic rings. The van der Waals surface area contributed by atoms with E-state index in [1.165, 1.54) is 16.7 Å². The minimum Gasteiger partial charge on any atom is -0.477 e. The molecule has 0 radical (unpaired) electrons. The molecule has 0 spiro atoms. The van der Waals surface area contributed by atoms with Gasteiger partial charge in [0.05, 0.1) is 24.1 Å². The van der Waals surface area contributed by atoms with E-state index in [4.69, 9.17) is 0 Å². The highest BCUT2D eigenvalue weighted by Crippen LogP contribution is 2.48. The highest BCUT2D eigenvalue weighted by Gasteiger charge is 2.57. The van der Waals surface area contributed by atoms with Crippen LogP contribution in [0.3, 0.4) is 0 Å². The van der Waals surface area contributed by atoms with Gasteiger partial charge in [-0.25, -0.2) is 4.79 Å². The summed E-state index contributed by atoms with van der Waals surface area (Å²) in [4.78, 5) is 39.4. The van der Waals surface area contributed by atoms with Crippen molar-refractivity contribution in [3.8, 4) is 0 Å². The van der Waals surface area contributed by atoms with Gasteiger partial charge >= 0.3 is 5.97 Å². The predicted molar refractivity (Wildman–Crippen MR) is 91.6 cm³/mol. The summed E-state index contributed by atoms with van der Waals surface area (Å²) in [6.07, 6.45) is 0.288. The topological polar surface area (TPSA) is 110 Å². The number of aliphatic hydroxyl groups excluding tert-OH is 1. The third-order valence-electron chi connectivity index (χ3n) is 5.03. The Kier molecular flexibility index (Phi) is 4.82. The Labute approximate surface area is 150 Å². The van der Waals surface area contributed by atoms with Crippen molar-refractivity contribution in [2.24, 2.45) is 5.92 Å². The summed E-state index contributed by atoms with van der Waals surface area (Å²) in [6, 6.07) is -0.527. The second-order valence-corrected chi connectivity index (χ2v) is 8.39. The van der Waals surface area contributed by atoms with Crippen LogP contribution in [-0.2, 0) is 14.4 Å². The van der Waals surface area contributed by atoms with E-state index in [-0.39, 0.29) is 34.8 Å². The molecule has 0 aromatic heterocycles. The van der Waals surface area contributed by atoms with Crippen LogP contribution in [0.2, 0.25) is 0 Å². The van der Waals surface area contributed by atoms with Gasteiger partial charge in [0.15, 0.2) is 0 Å². The fourth-order valence-corrected chi connectivity index (χ4v) is 5.27. The first kappa shape index (κ1) is 18.2. The molecular formula is C16H23N3O5S. The minimum atomic E-state index is -1.12. The number of thioether (sulfide) groups is 1. The first-order valence-electron chi connectivity index (χ1n) is 8.31. The number of fused-ring (bicyclic) bond motifs is 1. The molecule has 3 N–H and O–H groups in total. The lowest BCUT2D eigenvalue weighted by molar-refractivity contribution is -0.161. The minimum absolute atomic E-state index is 0.00938. The van der Waals surface area contributed by atoms with Gasteiger partial charge in [-0.05, 0) is 13.3 Å². The number of hydrogen-bond acceptors (Lipinski definition) is 6. The van der Waals surface area contributed by atoms with Gasteiger partial charge in [-0.3, -0.25) is 9.59 Å². The number of aliphatic hydroxyl groups is 1. The SMILES string of the molecule is CC(O)C1C(=O)N2C(C(=O)O)=C(SC3CNC(C(=O)N(C)C)C3)C[C@H]12. The van der Waals surface area contributed by atoms with E-state index < -0.39 is 18.0 Å². The van der Waals surface area contributed by atoms with Crippen molar-refractivity contribution in [2.75, 3.05) is 20.6 Å². The Morgan fingerprint density at radius 2 is 2.08 bits per heavy atom. The van der Waals surface area contributed by atoms with Gasteiger partial charge in [0, 0.05) is 37.2 Å². The normalized spacial score (nSPS) is 32.5. The summed E-state index contributed by atoms with van der Waals surface area (Å²) in [6.45, 7) is 2.17.